The van der Waals surface area contributed by atoms with Crippen LogP contribution in [0.2, 0.25) is 0 Å². The van der Waals surface area contributed by atoms with E-state index in [0.717, 1.165) is 0 Å². The molecule has 0 saturated carbocycles. The molecule has 1 atom stereocenters. The summed E-state index contributed by atoms with van der Waals surface area (Å²) in [4.78, 5) is 0. The summed E-state index contributed by atoms with van der Waals surface area (Å²) in [5.41, 5.74) is 6.63. The Balaban J connectivity index is 2.33. The lowest BCUT2D eigenvalue weighted by molar-refractivity contribution is 0.461. The van der Waals surface area contributed by atoms with Gasteiger partial charge < -0.3 is 10.5 Å². The van der Waals surface area contributed by atoms with Crippen molar-refractivity contribution >= 4 is 0 Å². The minimum absolute atomic E-state index is 0.340. The molecule has 0 aliphatic carbocycles. The molecule has 0 aromatic heterocycles. The van der Waals surface area contributed by atoms with Crippen molar-refractivity contribution in [2.24, 2.45) is 5.73 Å². The second-order valence-corrected chi connectivity index (χ2v) is 4.18. The molecule has 0 bridgehead atoms. The van der Waals surface area contributed by atoms with Gasteiger partial charge in [0.15, 0.2) is 0 Å². The van der Waals surface area contributed by atoms with Crippen molar-refractivity contribution in [3.05, 3.63) is 59.4 Å². The number of halogens is 1. The zero-order valence-corrected chi connectivity index (χ0v) is 10.4. The van der Waals surface area contributed by atoms with E-state index in [4.69, 9.17) is 15.7 Å². The van der Waals surface area contributed by atoms with Crippen LogP contribution in [-0.2, 0) is 0 Å². The van der Waals surface area contributed by atoms with Crippen molar-refractivity contribution in [3.8, 4) is 17.6 Å². The van der Waals surface area contributed by atoms with Gasteiger partial charge in [-0.05, 0) is 43.3 Å². The van der Waals surface area contributed by atoms with E-state index in [0.29, 0.717) is 22.6 Å². The van der Waals surface area contributed by atoms with Gasteiger partial charge in [0.1, 0.15) is 17.3 Å². The average molecular weight is 256 g/mol. The van der Waals surface area contributed by atoms with E-state index >= 15 is 0 Å². The molecular weight excluding hydrogens is 243 g/mol. The standard InChI is InChI=1S/C15H13FN2O/c1-10(18)15-13(16)3-2-4-14(15)19-12-7-5-11(9-17)6-8-12/h2-8,10H,18H2,1H3/t10-/m1/s1. The molecule has 0 aliphatic rings. The van der Waals surface area contributed by atoms with Crippen molar-refractivity contribution in [3.63, 3.8) is 0 Å². The third-order valence-corrected chi connectivity index (χ3v) is 2.68. The van der Waals surface area contributed by atoms with Crippen LogP contribution in [0, 0.1) is 17.1 Å². The fourth-order valence-electron chi connectivity index (χ4n) is 1.77. The first-order valence-corrected chi connectivity index (χ1v) is 5.84. The van der Waals surface area contributed by atoms with E-state index in [9.17, 15) is 4.39 Å². The molecule has 0 spiro atoms. The lowest BCUT2D eigenvalue weighted by Gasteiger charge is -2.14. The van der Waals surface area contributed by atoms with Crippen LogP contribution in [0.5, 0.6) is 11.5 Å². The summed E-state index contributed by atoms with van der Waals surface area (Å²) in [6.07, 6.45) is 0. The van der Waals surface area contributed by atoms with Gasteiger partial charge in [-0.1, -0.05) is 6.07 Å². The van der Waals surface area contributed by atoms with Crippen molar-refractivity contribution in [2.75, 3.05) is 0 Å². The third kappa shape index (κ3) is 2.90. The molecule has 19 heavy (non-hydrogen) atoms. The van der Waals surface area contributed by atoms with E-state index < -0.39 is 6.04 Å². The average Bonchev–Trinajstić information content (AvgIpc) is 2.39. The van der Waals surface area contributed by atoms with Crippen LogP contribution in [0.25, 0.3) is 0 Å². The second kappa shape index (κ2) is 5.51. The van der Waals surface area contributed by atoms with Gasteiger partial charge in [0, 0.05) is 11.6 Å². The van der Waals surface area contributed by atoms with Gasteiger partial charge in [-0.3, -0.25) is 0 Å². The Bertz CT molecular complexity index is 615. The monoisotopic (exact) mass is 256 g/mol. The molecule has 0 unspecified atom stereocenters. The minimum atomic E-state index is -0.463. The van der Waals surface area contributed by atoms with Gasteiger partial charge in [0.25, 0.3) is 0 Å². The number of nitrogens with two attached hydrogens (primary N) is 1. The Hall–Kier alpha value is -2.38. The molecule has 2 N–H and O–H groups in total. The molecule has 3 nitrogen and oxygen atoms in total. The van der Waals surface area contributed by atoms with Crippen LogP contribution >= 0.6 is 0 Å². The van der Waals surface area contributed by atoms with Crippen LogP contribution in [0.3, 0.4) is 0 Å². The van der Waals surface area contributed by atoms with Gasteiger partial charge in [0.05, 0.1) is 11.6 Å². The first kappa shape index (κ1) is 13.1. The summed E-state index contributed by atoms with van der Waals surface area (Å²) in [6.45, 7) is 1.70. The Morgan fingerprint density at radius 2 is 1.89 bits per heavy atom. The Labute approximate surface area is 111 Å². The lowest BCUT2D eigenvalue weighted by atomic mass is 10.1. The van der Waals surface area contributed by atoms with Gasteiger partial charge in [0.2, 0.25) is 0 Å². The maximum atomic E-state index is 13.7. The Morgan fingerprint density at radius 3 is 2.47 bits per heavy atom. The summed E-state index contributed by atoms with van der Waals surface area (Å²) in [5.74, 6) is 0.535. The summed E-state index contributed by atoms with van der Waals surface area (Å²) < 4.78 is 19.3. The fraction of sp³-hybridized carbons (Fsp3) is 0.133. The van der Waals surface area contributed by atoms with Crippen LogP contribution in [0.4, 0.5) is 4.39 Å². The first-order valence-electron chi connectivity index (χ1n) is 5.84. The molecule has 2 aromatic rings. The fourth-order valence-corrected chi connectivity index (χ4v) is 1.77. The summed E-state index contributed by atoms with van der Waals surface area (Å²) >= 11 is 0. The van der Waals surface area contributed by atoms with Gasteiger partial charge in [-0.25, -0.2) is 4.39 Å². The molecule has 2 aromatic carbocycles. The maximum absolute atomic E-state index is 13.7. The number of nitriles is 1. The van der Waals surface area contributed by atoms with Crippen LogP contribution in [0.1, 0.15) is 24.1 Å². The number of rotatable bonds is 3. The summed E-state index contributed by atoms with van der Waals surface area (Å²) in [6, 6.07) is 12.7. The molecule has 0 aliphatic heterocycles. The zero-order chi connectivity index (χ0) is 13.8. The molecule has 4 heteroatoms. The number of hydrogen-bond acceptors (Lipinski definition) is 3. The predicted octanol–water partition coefficient (Wildman–Crippen LogP) is 3.51. The first-order chi connectivity index (χ1) is 9.11. The minimum Gasteiger partial charge on any atom is -0.457 e. The number of hydrogen-bond donors (Lipinski definition) is 1. The quantitative estimate of drug-likeness (QED) is 0.914. The van der Waals surface area contributed by atoms with Gasteiger partial charge >= 0.3 is 0 Å². The summed E-state index contributed by atoms with van der Waals surface area (Å²) in [7, 11) is 0. The Kier molecular flexibility index (Phi) is 3.79. The van der Waals surface area contributed by atoms with E-state index in [2.05, 4.69) is 0 Å². The molecule has 0 saturated heterocycles. The summed E-state index contributed by atoms with van der Waals surface area (Å²) in [5, 5.41) is 8.71. The molecule has 0 fully saturated rings. The SMILES string of the molecule is C[C@@H](N)c1c(F)cccc1Oc1ccc(C#N)cc1. The van der Waals surface area contributed by atoms with Gasteiger partial charge in [-0.15, -0.1) is 0 Å². The van der Waals surface area contributed by atoms with Crippen molar-refractivity contribution in [2.45, 2.75) is 13.0 Å². The number of benzene rings is 2. The third-order valence-electron chi connectivity index (χ3n) is 2.68. The lowest BCUT2D eigenvalue weighted by Crippen LogP contribution is -2.09. The highest BCUT2D eigenvalue weighted by Crippen LogP contribution is 2.30. The molecule has 96 valence electrons. The van der Waals surface area contributed by atoms with E-state index in [1.165, 1.54) is 6.07 Å². The molecule has 2 rings (SSSR count). The predicted molar refractivity (Wildman–Crippen MR) is 70.2 cm³/mol. The topological polar surface area (TPSA) is 59.0 Å². The van der Waals surface area contributed by atoms with Gasteiger partial charge in [-0.2, -0.15) is 5.26 Å². The molecule has 0 radical (unpaired) electrons. The normalized spacial score (nSPS) is 11.7. The van der Waals surface area contributed by atoms with Crippen molar-refractivity contribution < 1.29 is 9.13 Å². The highest BCUT2D eigenvalue weighted by molar-refractivity contribution is 5.42. The molecular formula is C15H13FN2O. The van der Waals surface area contributed by atoms with E-state index in [-0.39, 0.29) is 5.82 Å². The largest absolute Gasteiger partial charge is 0.457 e. The van der Waals surface area contributed by atoms with Crippen LogP contribution in [-0.4, -0.2) is 0 Å². The molecule has 0 amide bonds. The van der Waals surface area contributed by atoms with Crippen LogP contribution < -0.4 is 10.5 Å². The Morgan fingerprint density at radius 1 is 1.21 bits per heavy atom. The van der Waals surface area contributed by atoms with E-state index in [1.807, 2.05) is 6.07 Å². The molecule has 0 heterocycles. The van der Waals surface area contributed by atoms with Crippen LogP contribution in [0.15, 0.2) is 42.5 Å². The zero-order valence-electron chi connectivity index (χ0n) is 10.4. The second-order valence-electron chi connectivity index (χ2n) is 4.18. The highest BCUT2D eigenvalue weighted by atomic mass is 19.1. The van der Waals surface area contributed by atoms with E-state index in [1.54, 1.807) is 43.3 Å². The maximum Gasteiger partial charge on any atom is 0.135 e. The highest BCUT2D eigenvalue weighted by Gasteiger charge is 2.14. The smallest absolute Gasteiger partial charge is 0.135 e. The van der Waals surface area contributed by atoms with Crippen molar-refractivity contribution in [1.82, 2.24) is 0 Å². The number of nitrogens with zero attached hydrogens (tertiary/aromatic N) is 1. The number of ether oxygens (including phenoxy) is 1. The van der Waals surface area contributed by atoms with Crippen molar-refractivity contribution in [1.29, 1.82) is 5.26 Å².